The van der Waals surface area contributed by atoms with E-state index in [4.69, 9.17) is 5.73 Å². The van der Waals surface area contributed by atoms with Crippen LogP contribution in [0.2, 0.25) is 0 Å². The Labute approximate surface area is 125 Å². The zero-order chi connectivity index (χ0) is 14.3. The summed E-state index contributed by atoms with van der Waals surface area (Å²) in [6.45, 7) is 1.82. The first-order valence-corrected chi connectivity index (χ1v) is 6.02. The van der Waals surface area contributed by atoms with Crippen molar-refractivity contribution < 1.29 is 4.39 Å². The number of benzene rings is 1. The van der Waals surface area contributed by atoms with Crippen molar-refractivity contribution in [1.29, 1.82) is 0 Å². The average molecular weight is 310 g/mol. The molecule has 0 spiro atoms. The normalized spacial score (nSPS) is 10.6. The number of imidazole rings is 1. The van der Waals surface area contributed by atoms with Crippen molar-refractivity contribution in [3.63, 3.8) is 0 Å². The second-order valence-electron chi connectivity index (χ2n) is 4.60. The van der Waals surface area contributed by atoms with Gasteiger partial charge in [0, 0.05) is 6.42 Å². The lowest BCUT2D eigenvalue weighted by atomic mass is 10.1. The van der Waals surface area contributed by atoms with Crippen LogP contribution in [-0.2, 0) is 6.42 Å². The molecule has 0 atom stereocenters. The number of aromatic amines is 2. The molecule has 0 aliphatic carbocycles. The number of aromatic nitrogens is 4. The number of nitrogens with two attached hydrogens (primary N) is 1. The largest absolute Gasteiger partial charge is 0.369 e. The van der Waals surface area contributed by atoms with Gasteiger partial charge in [-0.15, -0.1) is 12.4 Å². The van der Waals surface area contributed by atoms with Gasteiger partial charge in [0.2, 0.25) is 5.95 Å². The van der Waals surface area contributed by atoms with Crippen molar-refractivity contribution in [2.45, 2.75) is 13.3 Å². The summed E-state index contributed by atoms with van der Waals surface area (Å²) in [7, 11) is 0. The van der Waals surface area contributed by atoms with Crippen LogP contribution in [0.1, 0.15) is 17.0 Å². The number of nitrogens with one attached hydrogen (secondary N) is 2. The number of aryl methyl sites for hydroxylation is 1. The Bertz CT molecular complexity index is 857. The van der Waals surface area contributed by atoms with Crippen molar-refractivity contribution in [3.8, 4) is 0 Å². The molecule has 4 N–H and O–H groups in total. The van der Waals surface area contributed by atoms with E-state index in [1.807, 2.05) is 13.0 Å². The average Bonchev–Trinajstić information content (AvgIpc) is 2.75. The van der Waals surface area contributed by atoms with Gasteiger partial charge in [0.1, 0.15) is 11.6 Å². The molecule has 0 amide bonds. The summed E-state index contributed by atoms with van der Waals surface area (Å²) >= 11 is 0. The van der Waals surface area contributed by atoms with Gasteiger partial charge in [-0.2, -0.15) is 4.98 Å². The summed E-state index contributed by atoms with van der Waals surface area (Å²) in [6, 6.07) is 4.98. The van der Waals surface area contributed by atoms with E-state index in [1.165, 1.54) is 6.07 Å². The Hall–Kier alpha value is -2.41. The lowest BCUT2D eigenvalue weighted by Crippen LogP contribution is -2.10. The fraction of sp³-hybridized carbons (Fsp3) is 0.154. The van der Waals surface area contributed by atoms with Gasteiger partial charge in [-0.25, -0.2) is 9.37 Å². The van der Waals surface area contributed by atoms with Gasteiger partial charge in [0.25, 0.3) is 5.56 Å². The number of nitrogens with zero attached hydrogens (tertiary/aromatic N) is 2. The smallest absolute Gasteiger partial charge is 0.278 e. The van der Waals surface area contributed by atoms with E-state index in [9.17, 15) is 9.18 Å². The predicted octanol–water partition coefficient (Wildman–Crippen LogP) is 1.69. The maximum atomic E-state index is 13.8. The SMILES string of the molecule is Cc1ccc(Cc2nc3nc(N)[nH]c(=O)c3[nH]2)c(F)c1.Cl. The third-order valence-electron chi connectivity index (χ3n) is 3.00. The molecule has 0 unspecified atom stereocenters. The molecule has 0 radical (unpaired) electrons. The monoisotopic (exact) mass is 309 g/mol. The van der Waals surface area contributed by atoms with Crippen molar-refractivity contribution in [3.05, 3.63) is 51.3 Å². The van der Waals surface area contributed by atoms with Crippen LogP contribution in [0, 0.1) is 12.7 Å². The minimum atomic E-state index is -0.393. The third-order valence-corrected chi connectivity index (χ3v) is 3.00. The van der Waals surface area contributed by atoms with Crippen molar-refractivity contribution >= 4 is 29.5 Å². The van der Waals surface area contributed by atoms with Gasteiger partial charge in [-0.05, 0) is 24.1 Å². The molecule has 3 aromatic rings. The van der Waals surface area contributed by atoms with Gasteiger partial charge in [-0.3, -0.25) is 9.78 Å². The zero-order valence-corrected chi connectivity index (χ0v) is 11.9. The van der Waals surface area contributed by atoms with Gasteiger partial charge in [0.05, 0.1) is 0 Å². The number of fused-ring (bicyclic) bond motifs is 1. The molecule has 110 valence electrons. The maximum absolute atomic E-state index is 13.8. The molecule has 0 bridgehead atoms. The van der Waals surface area contributed by atoms with Gasteiger partial charge >= 0.3 is 0 Å². The predicted molar refractivity (Wildman–Crippen MR) is 80.1 cm³/mol. The van der Waals surface area contributed by atoms with Crippen LogP contribution < -0.4 is 11.3 Å². The van der Waals surface area contributed by atoms with Gasteiger partial charge in [0.15, 0.2) is 11.2 Å². The molecule has 0 aliphatic heterocycles. The highest BCUT2D eigenvalue weighted by Gasteiger charge is 2.11. The van der Waals surface area contributed by atoms with Crippen LogP contribution in [0.3, 0.4) is 0 Å². The van der Waals surface area contributed by atoms with Crippen LogP contribution in [0.5, 0.6) is 0 Å². The molecule has 1 aromatic carbocycles. The third kappa shape index (κ3) is 2.87. The first-order chi connectivity index (χ1) is 9.52. The lowest BCUT2D eigenvalue weighted by Gasteiger charge is -2.01. The molecule has 0 saturated heterocycles. The summed E-state index contributed by atoms with van der Waals surface area (Å²) in [4.78, 5) is 25.0. The highest BCUT2D eigenvalue weighted by atomic mass is 35.5. The van der Waals surface area contributed by atoms with Crippen molar-refractivity contribution in [1.82, 2.24) is 19.9 Å². The topological polar surface area (TPSA) is 100 Å². The molecule has 6 nitrogen and oxygen atoms in total. The van der Waals surface area contributed by atoms with Crippen LogP contribution in [0.4, 0.5) is 10.3 Å². The van der Waals surface area contributed by atoms with E-state index < -0.39 is 5.56 Å². The van der Waals surface area contributed by atoms with Crippen LogP contribution in [0.15, 0.2) is 23.0 Å². The number of anilines is 1. The molecule has 8 heteroatoms. The van der Waals surface area contributed by atoms with Crippen molar-refractivity contribution in [2.75, 3.05) is 5.73 Å². The van der Waals surface area contributed by atoms with Crippen LogP contribution in [0.25, 0.3) is 11.2 Å². The number of hydrogen-bond acceptors (Lipinski definition) is 4. The molecular weight excluding hydrogens is 297 g/mol. The fourth-order valence-corrected chi connectivity index (χ4v) is 2.03. The maximum Gasteiger partial charge on any atom is 0.278 e. The summed E-state index contributed by atoms with van der Waals surface area (Å²) in [5, 5.41) is 0. The second-order valence-corrected chi connectivity index (χ2v) is 4.60. The number of hydrogen-bond donors (Lipinski definition) is 3. The Morgan fingerprint density at radius 3 is 2.76 bits per heavy atom. The highest BCUT2D eigenvalue weighted by molar-refractivity contribution is 5.85. The second kappa shape index (κ2) is 5.53. The number of rotatable bonds is 2. The Morgan fingerprint density at radius 2 is 2.05 bits per heavy atom. The molecule has 2 aromatic heterocycles. The first-order valence-electron chi connectivity index (χ1n) is 6.02. The molecular formula is C13H13ClFN5O. The standard InChI is InChI=1S/C13H12FN5O.ClH/c1-6-2-3-7(8(14)4-6)5-9-16-10-11(17-9)18-13(15)19-12(10)20;/h2-4H,5H2,1H3,(H4,15,16,17,18,19,20);1H. The lowest BCUT2D eigenvalue weighted by molar-refractivity contribution is 0.611. The molecule has 0 fully saturated rings. The summed E-state index contributed by atoms with van der Waals surface area (Å²) < 4.78 is 13.8. The molecule has 2 heterocycles. The molecule has 21 heavy (non-hydrogen) atoms. The summed E-state index contributed by atoms with van der Waals surface area (Å²) in [5.74, 6) is 0.167. The van der Waals surface area contributed by atoms with Gasteiger partial charge < -0.3 is 10.7 Å². The number of nitrogen functional groups attached to an aromatic ring is 1. The summed E-state index contributed by atoms with van der Waals surface area (Å²) in [5.41, 5.74) is 6.87. The minimum absolute atomic E-state index is 0. The minimum Gasteiger partial charge on any atom is -0.369 e. The first kappa shape index (κ1) is 15.0. The molecule has 0 aliphatic rings. The van der Waals surface area contributed by atoms with E-state index >= 15 is 0 Å². The Balaban J connectivity index is 0.00000161. The fourth-order valence-electron chi connectivity index (χ4n) is 2.03. The van der Waals surface area contributed by atoms with Crippen LogP contribution >= 0.6 is 12.4 Å². The van der Waals surface area contributed by atoms with E-state index in [0.29, 0.717) is 11.4 Å². The molecule has 3 rings (SSSR count). The highest BCUT2D eigenvalue weighted by Crippen LogP contribution is 2.14. The Kier molecular flexibility index (Phi) is 3.95. The van der Waals surface area contributed by atoms with Crippen molar-refractivity contribution in [2.24, 2.45) is 0 Å². The van der Waals surface area contributed by atoms with Gasteiger partial charge in [-0.1, -0.05) is 12.1 Å². The van der Waals surface area contributed by atoms with E-state index in [-0.39, 0.29) is 41.8 Å². The van der Waals surface area contributed by atoms with Crippen LogP contribution in [-0.4, -0.2) is 19.9 Å². The zero-order valence-electron chi connectivity index (χ0n) is 11.1. The number of H-pyrrole nitrogens is 2. The van der Waals surface area contributed by atoms with E-state index in [0.717, 1.165) is 5.56 Å². The van der Waals surface area contributed by atoms with E-state index in [1.54, 1.807) is 6.07 Å². The number of halogens is 2. The quantitative estimate of drug-likeness (QED) is 0.670. The molecule has 0 saturated carbocycles. The van der Waals surface area contributed by atoms with E-state index in [2.05, 4.69) is 19.9 Å². The summed E-state index contributed by atoms with van der Waals surface area (Å²) in [6.07, 6.45) is 0.252. The Morgan fingerprint density at radius 1 is 1.29 bits per heavy atom.